The molecule has 0 bridgehead atoms. The van der Waals surface area contributed by atoms with Crippen molar-refractivity contribution in [3.63, 3.8) is 0 Å². The lowest BCUT2D eigenvalue weighted by Crippen LogP contribution is -2.36. The first-order valence-electron chi connectivity index (χ1n) is 7.54. The van der Waals surface area contributed by atoms with Gasteiger partial charge in [0, 0.05) is 18.0 Å². The van der Waals surface area contributed by atoms with E-state index in [4.69, 9.17) is 4.74 Å². The first-order valence-corrected chi connectivity index (χ1v) is 8.41. The van der Waals surface area contributed by atoms with Crippen LogP contribution < -0.4 is 15.4 Å². The Morgan fingerprint density at radius 1 is 1.30 bits per heavy atom. The summed E-state index contributed by atoms with van der Waals surface area (Å²) in [6.45, 7) is 4.52. The van der Waals surface area contributed by atoms with Crippen molar-refractivity contribution in [2.75, 3.05) is 6.54 Å². The second-order valence-electron chi connectivity index (χ2n) is 5.37. The Labute approximate surface area is 139 Å². The molecule has 0 spiro atoms. The molecule has 0 fully saturated rings. The predicted molar refractivity (Wildman–Crippen MR) is 90.4 cm³/mol. The van der Waals surface area contributed by atoms with Crippen molar-refractivity contribution in [2.24, 2.45) is 0 Å². The van der Waals surface area contributed by atoms with Crippen LogP contribution in [0, 0.1) is 5.82 Å². The number of urea groups is 1. The molecule has 0 aliphatic carbocycles. The SMILES string of the molecule is CC(C)Oc1ccc(CNC(=O)NCCc2cccs2)cc1F. The summed E-state index contributed by atoms with van der Waals surface area (Å²) in [4.78, 5) is 12.9. The van der Waals surface area contributed by atoms with Crippen LogP contribution >= 0.6 is 11.3 Å². The highest BCUT2D eigenvalue weighted by molar-refractivity contribution is 7.09. The quantitative estimate of drug-likeness (QED) is 0.810. The van der Waals surface area contributed by atoms with Gasteiger partial charge in [-0.05, 0) is 49.4 Å². The van der Waals surface area contributed by atoms with E-state index in [1.165, 1.54) is 10.9 Å². The highest BCUT2D eigenvalue weighted by atomic mass is 32.1. The Bertz CT molecular complexity index is 630. The van der Waals surface area contributed by atoms with E-state index in [0.717, 1.165) is 6.42 Å². The molecule has 2 aromatic rings. The van der Waals surface area contributed by atoms with Gasteiger partial charge in [-0.15, -0.1) is 11.3 Å². The maximum Gasteiger partial charge on any atom is 0.315 e. The summed E-state index contributed by atoms with van der Waals surface area (Å²) in [5, 5.41) is 7.50. The van der Waals surface area contributed by atoms with Crippen LogP contribution in [0.2, 0.25) is 0 Å². The molecule has 2 N–H and O–H groups in total. The minimum atomic E-state index is -0.420. The maximum atomic E-state index is 13.8. The van der Waals surface area contributed by atoms with Crippen LogP contribution in [-0.2, 0) is 13.0 Å². The normalized spacial score (nSPS) is 10.6. The van der Waals surface area contributed by atoms with E-state index < -0.39 is 5.82 Å². The molecular weight excluding hydrogens is 315 g/mol. The molecule has 23 heavy (non-hydrogen) atoms. The molecule has 2 amide bonds. The van der Waals surface area contributed by atoms with Gasteiger partial charge in [-0.1, -0.05) is 12.1 Å². The van der Waals surface area contributed by atoms with Gasteiger partial charge in [0.2, 0.25) is 0 Å². The van der Waals surface area contributed by atoms with Crippen LogP contribution in [0.25, 0.3) is 0 Å². The number of ether oxygens (including phenoxy) is 1. The third kappa shape index (κ3) is 5.90. The van der Waals surface area contributed by atoms with Gasteiger partial charge in [0.1, 0.15) is 0 Å². The number of thiophene rings is 1. The summed E-state index contributed by atoms with van der Waals surface area (Å²) < 4.78 is 19.2. The van der Waals surface area contributed by atoms with Crippen molar-refractivity contribution >= 4 is 17.4 Å². The van der Waals surface area contributed by atoms with Gasteiger partial charge in [0.25, 0.3) is 0 Å². The van der Waals surface area contributed by atoms with E-state index in [-0.39, 0.29) is 24.4 Å². The van der Waals surface area contributed by atoms with E-state index >= 15 is 0 Å². The second-order valence-corrected chi connectivity index (χ2v) is 6.40. The molecule has 4 nitrogen and oxygen atoms in total. The average molecular weight is 336 g/mol. The van der Waals surface area contributed by atoms with Crippen LogP contribution in [0.15, 0.2) is 35.7 Å². The van der Waals surface area contributed by atoms with Crippen LogP contribution in [0.4, 0.5) is 9.18 Å². The molecule has 0 saturated heterocycles. The largest absolute Gasteiger partial charge is 0.488 e. The number of rotatable bonds is 7. The fourth-order valence-electron chi connectivity index (χ4n) is 2.00. The monoisotopic (exact) mass is 336 g/mol. The molecular formula is C17H21FN2O2S. The molecule has 1 heterocycles. The maximum absolute atomic E-state index is 13.8. The second kappa shape index (κ2) is 8.53. The molecule has 124 valence electrons. The van der Waals surface area contributed by atoms with E-state index in [9.17, 15) is 9.18 Å². The standard InChI is InChI=1S/C17H21FN2O2S/c1-12(2)22-16-6-5-13(10-15(16)18)11-20-17(21)19-8-7-14-4-3-9-23-14/h3-6,9-10,12H,7-8,11H2,1-2H3,(H2,19,20,21). The molecule has 0 saturated carbocycles. The topological polar surface area (TPSA) is 50.4 Å². The van der Waals surface area contributed by atoms with E-state index in [1.807, 2.05) is 31.4 Å². The number of hydrogen-bond acceptors (Lipinski definition) is 3. The highest BCUT2D eigenvalue weighted by Gasteiger charge is 2.07. The zero-order valence-corrected chi connectivity index (χ0v) is 14.1. The zero-order chi connectivity index (χ0) is 16.7. The van der Waals surface area contributed by atoms with Crippen molar-refractivity contribution in [3.05, 3.63) is 52.0 Å². The molecule has 1 aromatic carbocycles. The van der Waals surface area contributed by atoms with Crippen molar-refractivity contribution in [1.29, 1.82) is 0 Å². The first-order chi connectivity index (χ1) is 11.0. The lowest BCUT2D eigenvalue weighted by atomic mass is 10.2. The number of hydrogen-bond donors (Lipinski definition) is 2. The average Bonchev–Trinajstić information content (AvgIpc) is 3.00. The van der Waals surface area contributed by atoms with Gasteiger partial charge in [-0.25, -0.2) is 9.18 Å². The number of nitrogens with one attached hydrogen (secondary N) is 2. The van der Waals surface area contributed by atoms with Gasteiger partial charge in [-0.3, -0.25) is 0 Å². The number of amides is 2. The van der Waals surface area contributed by atoms with Crippen molar-refractivity contribution in [1.82, 2.24) is 10.6 Å². The minimum absolute atomic E-state index is 0.0809. The van der Waals surface area contributed by atoms with E-state index in [2.05, 4.69) is 10.6 Å². The van der Waals surface area contributed by atoms with Gasteiger partial charge >= 0.3 is 6.03 Å². The molecule has 0 aliphatic rings. The third-order valence-electron chi connectivity index (χ3n) is 3.05. The lowest BCUT2D eigenvalue weighted by Gasteiger charge is -2.12. The molecule has 0 atom stereocenters. The molecule has 1 aromatic heterocycles. The van der Waals surface area contributed by atoms with Crippen LogP contribution in [0.3, 0.4) is 0 Å². The van der Waals surface area contributed by atoms with Gasteiger partial charge in [0.15, 0.2) is 11.6 Å². The Morgan fingerprint density at radius 2 is 2.13 bits per heavy atom. The predicted octanol–water partition coefficient (Wildman–Crippen LogP) is 3.72. The summed E-state index contributed by atoms with van der Waals surface area (Å²) in [5.41, 5.74) is 0.687. The fourth-order valence-corrected chi connectivity index (χ4v) is 2.71. The first kappa shape index (κ1) is 17.3. The summed E-state index contributed by atoms with van der Waals surface area (Å²) >= 11 is 1.67. The molecule has 6 heteroatoms. The van der Waals surface area contributed by atoms with Gasteiger partial charge in [0.05, 0.1) is 6.10 Å². The van der Waals surface area contributed by atoms with Crippen molar-refractivity contribution in [3.8, 4) is 5.75 Å². The molecule has 0 unspecified atom stereocenters. The van der Waals surface area contributed by atoms with Crippen molar-refractivity contribution < 1.29 is 13.9 Å². The van der Waals surface area contributed by atoms with Crippen LogP contribution in [0.1, 0.15) is 24.3 Å². The smallest absolute Gasteiger partial charge is 0.315 e. The highest BCUT2D eigenvalue weighted by Crippen LogP contribution is 2.19. The number of halogens is 1. The summed E-state index contributed by atoms with van der Waals surface area (Å²) in [7, 11) is 0. The molecule has 0 radical (unpaired) electrons. The Hall–Kier alpha value is -2.08. The van der Waals surface area contributed by atoms with Crippen LogP contribution in [0.5, 0.6) is 5.75 Å². The Balaban J connectivity index is 1.74. The molecule has 2 rings (SSSR count). The van der Waals surface area contributed by atoms with E-state index in [1.54, 1.807) is 23.5 Å². The van der Waals surface area contributed by atoms with Crippen LogP contribution in [-0.4, -0.2) is 18.7 Å². The van der Waals surface area contributed by atoms with E-state index in [0.29, 0.717) is 12.1 Å². The minimum Gasteiger partial charge on any atom is -0.488 e. The lowest BCUT2D eigenvalue weighted by molar-refractivity contribution is 0.231. The summed E-state index contributed by atoms with van der Waals surface area (Å²) in [5.74, 6) is -0.194. The number of carbonyl (C=O) groups is 1. The Kier molecular flexibility index (Phi) is 6.40. The summed E-state index contributed by atoms with van der Waals surface area (Å²) in [6.07, 6.45) is 0.726. The third-order valence-corrected chi connectivity index (χ3v) is 3.99. The van der Waals surface area contributed by atoms with Gasteiger partial charge in [-0.2, -0.15) is 0 Å². The Morgan fingerprint density at radius 3 is 2.78 bits per heavy atom. The number of benzene rings is 1. The van der Waals surface area contributed by atoms with Gasteiger partial charge < -0.3 is 15.4 Å². The fraction of sp³-hybridized carbons (Fsp3) is 0.353. The zero-order valence-electron chi connectivity index (χ0n) is 13.3. The molecule has 0 aliphatic heterocycles. The van der Waals surface area contributed by atoms with Crippen molar-refractivity contribution in [2.45, 2.75) is 32.9 Å². The summed E-state index contributed by atoms with van der Waals surface area (Å²) in [6, 6.07) is 8.47. The number of carbonyl (C=O) groups excluding carboxylic acids is 1.